The lowest BCUT2D eigenvalue weighted by molar-refractivity contribution is -0.145. The van der Waals surface area contributed by atoms with Gasteiger partial charge in [0.1, 0.15) is 12.2 Å². The molecular formula is C6H11IO4. The summed E-state index contributed by atoms with van der Waals surface area (Å²) < 4.78 is 10.6. The molecule has 0 aromatic rings. The van der Waals surface area contributed by atoms with Crippen LogP contribution < -0.4 is 0 Å². The van der Waals surface area contributed by atoms with Crippen LogP contribution in [0.4, 0.5) is 0 Å². The predicted octanol–water partition coefficient (Wildman–Crippen LogP) is -0.486. The van der Waals surface area contributed by atoms with Gasteiger partial charge in [-0.1, -0.05) is 22.6 Å². The van der Waals surface area contributed by atoms with Crippen LogP contribution in [0.5, 0.6) is 0 Å². The summed E-state index contributed by atoms with van der Waals surface area (Å²) >= 11 is 2.09. The molecule has 5 heteroatoms. The number of ether oxygens (including phenoxy) is 2. The van der Waals surface area contributed by atoms with Crippen molar-refractivity contribution in [3.8, 4) is 0 Å². The maximum atomic E-state index is 9.30. The van der Waals surface area contributed by atoms with Gasteiger partial charge in [-0.3, -0.25) is 0 Å². The fourth-order valence-electron chi connectivity index (χ4n) is 1.04. The Morgan fingerprint density at radius 2 is 2.09 bits per heavy atom. The molecule has 0 spiro atoms. The summed E-state index contributed by atoms with van der Waals surface area (Å²) in [5.74, 6) is 0. The van der Waals surface area contributed by atoms with E-state index in [1.165, 1.54) is 7.11 Å². The lowest BCUT2D eigenvalue weighted by atomic mass is 10.2. The summed E-state index contributed by atoms with van der Waals surface area (Å²) in [4.78, 5) is 0. The zero-order valence-electron chi connectivity index (χ0n) is 6.11. The highest BCUT2D eigenvalue weighted by atomic mass is 127. The number of halogens is 1. The Balaban J connectivity index is 2.53. The van der Waals surface area contributed by atoms with Gasteiger partial charge in [0.2, 0.25) is 0 Å². The zero-order chi connectivity index (χ0) is 8.43. The SMILES string of the molecule is CO[C@@H]1O[C@H](CI)[C@@H](O)[C@H]1O. The summed E-state index contributed by atoms with van der Waals surface area (Å²) in [5.41, 5.74) is 0. The van der Waals surface area contributed by atoms with Gasteiger partial charge >= 0.3 is 0 Å². The first-order valence-corrected chi connectivity index (χ1v) is 4.83. The molecule has 0 aromatic carbocycles. The molecule has 0 aliphatic carbocycles. The molecule has 11 heavy (non-hydrogen) atoms. The van der Waals surface area contributed by atoms with Crippen LogP contribution in [0.15, 0.2) is 0 Å². The van der Waals surface area contributed by atoms with Crippen molar-refractivity contribution in [1.82, 2.24) is 0 Å². The minimum absolute atomic E-state index is 0.310. The summed E-state index contributed by atoms with van der Waals surface area (Å²) in [6, 6.07) is 0. The second kappa shape index (κ2) is 3.99. The molecule has 1 saturated heterocycles. The summed E-state index contributed by atoms with van der Waals surface area (Å²) in [6.45, 7) is 0. The third-order valence-electron chi connectivity index (χ3n) is 1.70. The Labute approximate surface area is 78.6 Å². The Morgan fingerprint density at radius 3 is 2.36 bits per heavy atom. The van der Waals surface area contributed by atoms with Crippen LogP contribution >= 0.6 is 22.6 Å². The molecule has 2 N–H and O–H groups in total. The number of aliphatic hydroxyl groups excluding tert-OH is 2. The lowest BCUT2D eigenvalue weighted by Crippen LogP contribution is -2.33. The maximum Gasteiger partial charge on any atom is 0.186 e. The first-order valence-electron chi connectivity index (χ1n) is 3.31. The first-order chi connectivity index (χ1) is 5.20. The van der Waals surface area contributed by atoms with E-state index >= 15 is 0 Å². The summed E-state index contributed by atoms with van der Waals surface area (Å²) in [5, 5.41) is 18.6. The van der Waals surface area contributed by atoms with Crippen molar-refractivity contribution in [2.24, 2.45) is 0 Å². The van der Waals surface area contributed by atoms with E-state index in [0.29, 0.717) is 4.43 Å². The average Bonchev–Trinajstić information content (AvgIpc) is 2.30. The molecule has 0 radical (unpaired) electrons. The minimum atomic E-state index is -0.917. The number of rotatable bonds is 2. The standard InChI is InChI=1S/C6H11IO4/c1-10-6-5(9)4(8)3(2-7)11-6/h3-6,8-9H,2H2,1H3/t3-,4-,5-,6-/m1/s1. The average molecular weight is 274 g/mol. The summed E-state index contributed by atoms with van der Waals surface area (Å²) in [6.07, 6.45) is -2.73. The lowest BCUT2D eigenvalue weighted by Gasteiger charge is -2.11. The van der Waals surface area contributed by atoms with E-state index in [1.807, 2.05) is 0 Å². The van der Waals surface area contributed by atoms with Gasteiger partial charge in [-0.25, -0.2) is 0 Å². The van der Waals surface area contributed by atoms with Gasteiger partial charge in [0.25, 0.3) is 0 Å². The fraction of sp³-hybridized carbons (Fsp3) is 1.00. The molecule has 0 amide bonds. The van der Waals surface area contributed by atoms with Crippen LogP contribution in [0.25, 0.3) is 0 Å². The topological polar surface area (TPSA) is 58.9 Å². The van der Waals surface area contributed by atoms with Gasteiger partial charge in [-0.15, -0.1) is 0 Å². The molecule has 4 atom stereocenters. The second-order valence-corrected chi connectivity index (χ2v) is 3.29. The van der Waals surface area contributed by atoms with Gasteiger partial charge in [-0.2, -0.15) is 0 Å². The van der Waals surface area contributed by atoms with Crippen molar-refractivity contribution in [3.05, 3.63) is 0 Å². The van der Waals surface area contributed by atoms with E-state index in [2.05, 4.69) is 22.6 Å². The number of hydrogen-bond acceptors (Lipinski definition) is 4. The molecule has 1 heterocycles. The Morgan fingerprint density at radius 1 is 1.45 bits per heavy atom. The molecule has 1 aliphatic heterocycles. The van der Waals surface area contributed by atoms with Gasteiger partial charge in [0.15, 0.2) is 6.29 Å². The van der Waals surface area contributed by atoms with Crippen molar-refractivity contribution >= 4 is 22.6 Å². The van der Waals surface area contributed by atoms with Gasteiger partial charge < -0.3 is 19.7 Å². The molecule has 66 valence electrons. The van der Waals surface area contributed by atoms with E-state index in [0.717, 1.165) is 0 Å². The van der Waals surface area contributed by atoms with E-state index in [9.17, 15) is 10.2 Å². The Hall–Kier alpha value is 0.570. The zero-order valence-corrected chi connectivity index (χ0v) is 8.26. The molecule has 1 rings (SSSR count). The summed E-state index contributed by atoms with van der Waals surface area (Å²) in [7, 11) is 1.44. The third-order valence-corrected chi connectivity index (χ3v) is 2.57. The van der Waals surface area contributed by atoms with E-state index in [1.54, 1.807) is 0 Å². The monoisotopic (exact) mass is 274 g/mol. The fourth-order valence-corrected chi connectivity index (χ4v) is 1.77. The Kier molecular flexibility index (Phi) is 3.51. The van der Waals surface area contributed by atoms with Crippen LogP contribution in [-0.4, -0.2) is 46.4 Å². The van der Waals surface area contributed by atoms with Crippen LogP contribution in [-0.2, 0) is 9.47 Å². The van der Waals surface area contributed by atoms with Crippen molar-refractivity contribution in [3.63, 3.8) is 0 Å². The highest BCUT2D eigenvalue weighted by Gasteiger charge is 2.42. The normalized spacial score (nSPS) is 44.7. The molecule has 1 aliphatic rings. The minimum Gasteiger partial charge on any atom is -0.387 e. The quantitative estimate of drug-likeness (QED) is 0.527. The smallest absolute Gasteiger partial charge is 0.186 e. The second-order valence-electron chi connectivity index (χ2n) is 2.41. The number of methoxy groups -OCH3 is 1. The van der Waals surface area contributed by atoms with Crippen molar-refractivity contribution in [2.45, 2.75) is 24.6 Å². The van der Waals surface area contributed by atoms with Crippen LogP contribution in [0.2, 0.25) is 0 Å². The number of alkyl halides is 1. The highest BCUT2D eigenvalue weighted by Crippen LogP contribution is 2.22. The van der Waals surface area contributed by atoms with Crippen LogP contribution in [0.3, 0.4) is 0 Å². The molecule has 1 fully saturated rings. The third kappa shape index (κ3) is 1.83. The molecule has 4 nitrogen and oxygen atoms in total. The first kappa shape index (κ1) is 9.66. The Bertz CT molecular complexity index is 114. The molecule has 0 aromatic heterocycles. The van der Waals surface area contributed by atoms with Crippen molar-refractivity contribution < 1.29 is 19.7 Å². The van der Waals surface area contributed by atoms with Crippen LogP contribution in [0, 0.1) is 0 Å². The largest absolute Gasteiger partial charge is 0.387 e. The van der Waals surface area contributed by atoms with Gasteiger partial charge in [0, 0.05) is 11.5 Å². The highest BCUT2D eigenvalue weighted by molar-refractivity contribution is 14.1. The molecule has 0 saturated carbocycles. The van der Waals surface area contributed by atoms with E-state index < -0.39 is 18.5 Å². The number of hydrogen-bond donors (Lipinski definition) is 2. The maximum absolute atomic E-state index is 9.30. The van der Waals surface area contributed by atoms with Crippen molar-refractivity contribution in [2.75, 3.05) is 11.5 Å². The number of aliphatic hydroxyl groups is 2. The van der Waals surface area contributed by atoms with Gasteiger partial charge in [0.05, 0.1) is 6.10 Å². The van der Waals surface area contributed by atoms with Crippen molar-refractivity contribution in [1.29, 1.82) is 0 Å². The van der Waals surface area contributed by atoms with E-state index in [4.69, 9.17) is 9.47 Å². The molecule has 0 bridgehead atoms. The van der Waals surface area contributed by atoms with E-state index in [-0.39, 0.29) is 6.10 Å². The van der Waals surface area contributed by atoms with Crippen LogP contribution in [0.1, 0.15) is 0 Å². The van der Waals surface area contributed by atoms with Gasteiger partial charge in [-0.05, 0) is 0 Å². The molecule has 0 unspecified atom stereocenters. The predicted molar refractivity (Wildman–Crippen MR) is 46.6 cm³/mol. The molecular weight excluding hydrogens is 263 g/mol.